The molecule has 4 rings (SSSR count). The highest BCUT2D eigenvalue weighted by atomic mass is 16.3. The molecule has 2 aliphatic rings. The first-order valence-electron chi connectivity index (χ1n) is 9.82. The molecule has 3 heterocycles. The van der Waals surface area contributed by atoms with Crippen LogP contribution in [0.2, 0.25) is 0 Å². The second-order valence-electron chi connectivity index (χ2n) is 7.95. The maximum Gasteiger partial charge on any atom is 0.251 e. The molecule has 1 atom stereocenters. The van der Waals surface area contributed by atoms with Gasteiger partial charge in [0.1, 0.15) is 11.3 Å². The van der Waals surface area contributed by atoms with Crippen LogP contribution < -0.4 is 5.32 Å². The predicted molar refractivity (Wildman–Crippen MR) is 104 cm³/mol. The number of carbonyl (C=O) groups excluding carboxylic acids is 1. The lowest BCUT2D eigenvalue weighted by atomic mass is 9.98. The minimum atomic E-state index is 0.0287. The second-order valence-corrected chi connectivity index (χ2v) is 7.95. The molecule has 2 aliphatic heterocycles. The summed E-state index contributed by atoms with van der Waals surface area (Å²) in [6.45, 7) is 6.44. The van der Waals surface area contributed by atoms with Crippen LogP contribution >= 0.6 is 0 Å². The zero-order valence-electron chi connectivity index (χ0n) is 15.8. The zero-order chi connectivity index (χ0) is 18.1. The van der Waals surface area contributed by atoms with E-state index in [1.165, 1.54) is 32.5 Å². The molecule has 2 fully saturated rings. The number of nitrogens with one attached hydrogen (secondary N) is 1. The first kappa shape index (κ1) is 17.6. The van der Waals surface area contributed by atoms with Crippen LogP contribution in [0.5, 0.6) is 0 Å². The van der Waals surface area contributed by atoms with Crippen molar-refractivity contribution in [2.24, 2.45) is 0 Å². The number of amides is 1. The van der Waals surface area contributed by atoms with Crippen LogP contribution in [-0.4, -0.2) is 61.0 Å². The lowest BCUT2D eigenvalue weighted by Gasteiger charge is -2.41. The van der Waals surface area contributed by atoms with E-state index in [1.54, 1.807) is 0 Å². The van der Waals surface area contributed by atoms with E-state index in [9.17, 15) is 4.79 Å². The highest BCUT2D eigenvalue weighted by Gasteiger charge is 2.28. The number of carbonyl (C=O) groups is 1. The van der Waals surface area contributed by atoms with E-state index in [1.807, 2.05) is 31.2 Å². The third kappa shape index (κ3) is 3.79. The zero-order valence-corrected chi connectivity index (χ0v) is 15.8. The number of piperidine rings is 2. The average Bonchev–Trinajstić information content (AvgIpc) is 3.01. The Morgan fingerprint density at radius 1 is 1.15 bits per heavy atom. The average molecular weight is 355 g/mol. The Bertz CT molecular complexity index is 777. The van der Waals surface area contributed by atoms with E-state index in [4.69, 9.17) is 4.42 Å². The number of rotatable bonds is 3. The molecular formula is C21H29N3O2. The van der Waals surface area contributed by atoms with Gasteiger partial charge in [-0.25, -0.2) is 0 Å². The van der Waals surface area contributed by atoms with Crippen molar-refractivity contribution in [3.63, 3.8) is 0 Å². The van der Waals surface area contributed by atoms with Crippen molar-refractivity contribution in [1.29, 1.82) is 0 Å². The van der Waals surface area contributed by atoms with E-state index in [0.29, 0.717) is 6.04 Å². The van der Waals surface area contributed by atoms with E-state index >= 15 is 0 Å². The molecule has 1 aromatic carbocycles. The standard InChI is InChI=1S/C21H29N3O2/c1-15-12-17-13-16(5-6-20(17)26-15)21(25)22-18-4-3-9-24(14-18)19-7-10-23(2)11-8-19/h5-6,12-13,18-19H,3-4,7-11,14H2,1-2H3,(H,22,25). The maximum atomic E-state index is 12.7. The molecule has 1 N–H and O–H groups in total. The number of likely N-dealkylation sites (tertiary alicyclic amines) is 2. The van der Waals surface area contributed by atoms with E-state index in [-0.39, 0.29) is 11.9 Å². The summed E-state index contributed by atoms with van der Waals surface area (Å²) in [4.78, 5) is 17.7. The Morgan fingerprint density at radius 3 is 2.77 bits per heavy atom. The number of hydrogen-bond donors (Lipinski definition) is 1. The van der Waals surface area contributed by atoms with Gasteiger partial charge < -0.3 is 14.6 Å². The molecule has 0 aliphatic carbocycles. The van der Waals surface area contributed by atoms with Crippen molar-refractivity contribution in [2.45, 2.75) is 44.7 Å². The van der Waals surface area contributed by atoms with E-state index < -0.39 is 0 Å². The molecule has 5 heteroatoms. The Kier molecular flexibility index (Phi) is 5.00. The van der Waals surface area contributed by atoms with Crippen LogP contribution in [0.15, 0.2) is 28.7 Å². The van der Waals surface area contributed by atoms with Gasteiger partial charge in [-0.1, -0.05) is 0 Å². The number of fused-ring (bicyclic) bond motifs is 1. The van der Waals surface area contributed by atoms with Crippen molar-refractivity contribution in [3.05, 3.63) is 35.6 Å². The Labute approximate surface area is 155 Å². The highest BCUT2D eigenvalue weighted by molar-refractivity contribution is 5.98. The van der Waals surface area contributed by atoms with Crippen LogP contribution in [0.1, 0.15) is 41.8 Å². The topological polar surface area (TPSA) is 48.7 Å². The molecule has 5 nitrogen and oxygen atoms in total. The fourth-order valence-corrected chi connectivity index (χ4v) is 4.40. The minimum Gasteiger partial charge on any atom is -0.461 e. The SMILES string of the molecule is Cc1cc2cc(C(=O)NC3CCCN(C4CCN(C)CC4)C3)ccc2o1. The van der Waals surface area contributed by atoms with Crippen LogP contribution in [0, 0.1) is 6.92 Å². The molecule has 2 aromatic rings. The van der Waals surface area contributed by atoms with E-state index in [0.717, 1.165) is 41.7 Å². The van der Waals surface area contributed by atoms with Crippen molar-refractivity contribution in [1.82, 2.24) is 15.1 Å². The lowest BCUT2D eigenvalue weighted by Crippen LogP contribution is -2.53. The molecule has 0 saturated carbocycles. The monoisotopic (exact) mass is 355 g/mol. The summed E-state index contributed by atoms with van der Waals surface area (Å²) in [7, 11) is 2.20. The summed E-state index contributed by atoms with van der Waals surface area (Å²) in [6, 6.07) is 8.59. The third-order valence-electron chi connectivity index (χ3n) is 5.89. The first-order valence-corrected chi connectivity index (χ1v) is 9.82. The third-order valence-corrected chi connectivity index (χ3v) is 5.89. The van der Waals surface area contributed by atoms with E-state index in [2.05, 4.69) is 22.2 Å². The number of furan rings is 1. The normalized spacial score (nSPS) is 23.4. The minimum absolute atomic E-state index is 0.0287. The van der Waals surface area contributed by atoms with Gasteiger partial charge in [0.05, 0.1) is 0 Å². The summed E-state index contributed by atoms with van der Waals surface area (Å²) >= 11 is 0. The van der Waals surface area contributed by atoms with Crippen molar-refractivity contribution in [3.8, 4) is 0 Å². The molecule has 140 valence electrons. The summed E-state index contributed by atoms with van der Waals surface area (Å²) in [5, 5.41) is 4.26. The number of nitrogens with zero attached hydrogens (tertiary/aromatic N) is 2. The molecule has 1 unspecified atom stereocenters. The summed E-state index contributed by atoms with van der Waals surface area (Å²) in [6.07, 6.45) is 4.72. The van der Waals surface area contributed by atoms with Crippen LogP contribution in [0.4, 0.5) is 0 Å². The van der Waals surface area contributed by atoms with Crippen LogP contribution in [0.3, 0.4) is 0 Å². The molecular weight excluding hydrogens is 326 g/mol. The molecule has 1 amide bonds. The fourth-order valence-electron chi connectivity index (χ4n) is 4.40. The van der Waals surface area contributed by atoms with Gasteiger partial charge in [0.2, 0.25) is 0 Å². The fraction of sp³-hybridized carbons (Fsp3) is 0.571. The molecule has 2 saturated heterocycles. The Morgan fingerprint density at radius 2 is 1.96 bits per heavy atom. The first-order chi connectivity index (χ1) is 12.6. The summed E-state index contributed by atoms with van der Waals surface area (Å²) in [5.74, 6) is 0.902. The van der Waals surface area contributed by atoms with Gasteiger partial charge in [0.25, 0.3) is 5.91 Å². The smallest absolute Gasteiger partial charge is 0.251 e. The summed E-state index contributed by atoms with van der Waals surface area (Å²) in [5.41, 5.74) is 1.56. The molecule has 26 heavy (non-hydrogen) atoms. The number of aryl methyl sites for hydroxylation is 1. The van der Waals surface area contributed by atoms with Crippen molar-refractivity contribution in [2.75, 3.05) is 33.2 Å². The Balaban J connectivity index is 1.38. The number of benzene rings is 1. The molecule has 0 spiro atoms. The quantitative estimate of drug-likeness (QED) is 0.919. The Hall–Kier alpha value is -1.85. The van der Waals surface area contributed by atoms with Crippen LogP contribution in [-0.2, 0) is 0 Å². The van der Waals surface area contributed by atoms with Crippen molar-refractivity contribution < 1.29 is 9.21 Å². The van der Waals surface area contributed by atoms with Crippen molar-refractivity contribution >= 4 is 16.9 Å². The summed E-state index contributed by atoms with van der Waals surface area (Å²) < 4.78 is 5.60. The van der Waals surface area contributed by atoms with Gasteiger partial charge in [-0.2, -0.15) is 0 Å². The van der Waals surface area contributed by atoms with Gasteiger partial charge in [-0.3, -0.25) is 9.69 Å². The molecule has 0 bridgehead atoms. The second kappa shape index (κ2) is 7.41. The van der Waals surface area contributed by atoms with Gasteiger partial charge >= 0.3 is 0 Å². The highest BCUT2D eigenvalue weighted by Crippen LogP contribution is 2.22. The number of hydrogen-bond acceptors (Lipinski definition) is 4. The van der Waals surface area contributed by atoms with Crippen LogP contribution in [0.25, 0.3) is 11.0 Å². The van der Waals surface area contributed by atoms with Gasteiger partial charge in [-0.05, 0) is 83.6 Å². The van der Waals surface area contributed by atoms with Gasteiger partial charge in [0, 0.05) is 29.6 Å². The molecule has 0 radical (unpaired) electrons. The predicted octanol–water partition coefficient (Wildman–Crippen LogP) is 3.03. The lowest BCUT2D eigenvalue weighted by molar-refractivity contribution is 0.0766. The largest absolute Gasteiger partial charge is 0.461 e. The van der Waals surface area contributed by atoms with Gasteiger partial charge in [-0.15, -0.1) is 0 Å². The van der Waals surface area contributed by atoms with Gasteiger partial charge in [0.15, 0.2) is 0 Å². The maximum absolute atomic E-state index is 12.7. The molecule has 1 aromatic heterocycles.